The van der Waals surface area contributed by atoms with E-state index in [0.717, 1.165) is 25.1 Å². The third-order valence-corrected chi connectivity index (χ3v) is 5.06. The van der Waals surface area contributed by atoms with Crippen molar-refractivity contribution >= 4 is 0 Å². The predicted octanol–water partition coefficient (Wildman–Crippen LogP) is 4.75. The zero-order valence-corrected chi connectivity index (χ0v) is 16.9. The number of hydrogen-bond acceptors (Lipinski definition) is 4. The largest absolute Gasteiger partial charge is 0.345 e. The lowest BCUT2D eigenvalue weighted by Crippen LogP contribution is -2.25. The lowest BCUT2D eigenvalue weighted by atomic mass is 10.0. The third kappa shape index (κ3) is 6.15. The van der Waals surface area contributed by atoms with Crippen LogP contribution in [0, 0.1) is 0 Å². The monoisotopic (exact) mass is 371 g/mol. The van der Waals surface area contributed by atoms with Gasteiger partial charge in [0.1, 0.15) is 0 Å². The highest BCUT2D eigenvalue weighted by Gasteiger charge is 2.41. The zero-order chi connectivity index (χ0) is 19.1. The Morgan fingerprint density at radius 2 is 1.74 bits per heavy atom. The fourth-order valence-corrected chi connectivity index (χ4v) is 3.76. The van der Waals surface area contributed by atoms with E-state index in [1.807, 2.05) is 42.9 Å². The number of benzene rings is 1. The van der Waals surface area contributed by atoms with E-state index in [-0.39, 0.29) is 12.2 Å². The zero-order valence-electron chi connectivity index (χ0n) is 16.9. The van der Waals surface area contributed by atoms with Crippen LogP contribution in [0.15, 0.2) is 36.5 Å². The van der Waals surface area contributed by atoms with Crippen molar-refractivity contribution in [1.82, 2.24) is 15.0 Å². The summed E-state index contributed by atoms with van der Waals surface area (Å²) in [5, 5.41) is 8.64. The standard InChI is InChI=1S/C22H33N3O2/c1-4-5-6-7-11-14-20-21(27-22(2,3)26-20)15-19-17-25(24-23-19)16-18-12-9-8-10-13-18/h8-10,12-13,17,20-21H,4-7,11,14-16H2,1-3H3/t20-,21-/m0/s1. The van der Waals surface area contributed by atoms with Crippen LogP contribution < -0.4 is 0 Å². The molecule has 0 radical (unpaired) electrons. The molecule has 27 heavy (non-hydrogen) atoms. The van der Waals surface area contributed by atoms with Gasteiger partial charge in [-0.3, -0.25) is 0 Å². The molecule has 5 heteroatoms. The van der Waals surface area contributed by atoms with Crippen molar-refractivity contribution in [1.29, 1.82) is 0 Å². The molecule has 1 aliphatic rings. The molecule has 1 aliphatic heterocycles. The maximum Gasteiger partial charge on any atom is 0.163 e. The van der Waals surface area contributed by atoms with Crippen molar-refractivity contribution in [3.8, 4) is 0 Å². The van der Waals surface area contributed by atoms with Gasteiger partial charge in [-0.1, -0.05) is 74.6 Å². The Hall–Kier alpha value is -1.72. The smallest absolute Gasteiger partial charge is 0.163 e. The lowest BCUT2D eigenvalue weighted by molar-refractivity contribution is -0.146. The summed E-state index contributed by atoms with van der Waals surface area (Å²) in [7, 11) is 0. The maximum atomic E-state index is 6.17. The molecule has 1 aromatic heterocycles. The summed E-state index contributed by atoms with van der Waals surface area (Å²) in [5.41, 5.74) is 2.19. The van der Waals surface area contributed by atoms with Gasteiger partial charge in [-0.2, -0.15) is 0 Å². The van der Waals surface area contributed by atoms with Crippen LogP contribution in [-0.2, 0) is 22.4 Å². The second-order valence-electron chi connectivity index (χ2n) is 8.01. The van der Waals surface area contributed by atoms with E-state index in [0.29, 0.717) is 0 Å². The van der Waals surface area contributed by atoms with Crippen LogP contribution >= 0.6 is 0 Å². The SMILES string of the molecule is CCCCCCC[C@@H]1OC(C)(C)O[C@H]1Cc1cn(Cc2ccccc2)nn1. The normalized spacial score (nSPS) is 21.6. The molecule has 1 aromatic carbocycles. The summed E-state index contributed by atoms with van der Waals surface area (Å²) in [6.07, 6.45) is 10.4. The minimum atomic E-state index is -0.515. The highest BCUT2D eigenvalue weighted by Crippen LogP contribution is 2.32. The Labute approximate surface area is 163 Å². The van der Waals surface area contributed by atoms with Crippen molar-refractivity contribution in [2.24, 2.45) is 0 Å². The molecule has 5 nitrogen and oxygen atoms in total. The Morgan fingerprint density at radius 3 is 2.52 bits per heavy atom. The van der Waals surface area contributed by atoms with E-state index >= 15 is 0 Å². The van der Waals surface area contributed by atoms with E-state index in [1.54, 1.807) is 0 Å². The molecule has 3 rings (SSSR count). The first-order valence-corrected chi connectivity index (χ1v) is 10.3. The molecule has 0 spiro atoms. The average molecular weight is 372 g/mol. The van der Waals surface area contributed by atoms with E-state index in [9.17, 15) is 0 Å². The van der Waals surface area contributed by atoms with Crippen molar-refractivity contribution in [2.45, 2.75) is 90.3 Å². The summed E-state index contributed by atoms with van der Waals surface area (Å²) in [5.74, 6) is -0.515. The van der Waals surface area contributed by atoms with E-state index in [2.05, 4.69) is 29.4 Å². The van der Waals surface area contributed by atoms with Crippen LogP contribution in [0.3, 0.4) is 0 Å². The number of ether oxygens (including phenoxy) is 2. The highest BCUT2D eigenvalue weighted by molar-refractivity contribution is 5.15. The van der Waals surface area contributed by atoms with Crippen molar-refractivity contribution in [3.63, 3.8) is 0 Å². The van der Waals surface area contributed by atoms with Crippen LogP contribution in [0.1, 0.15) is 70.6 Å². The van der Waals surface area contributed by atoms with Gasteiger partial charge in [0.2, 0.25) is 0 Å². The van der Waals surface area contributed by atoms with Gasteiger partial charge in [-0.15, -0.1) is 5.10 Å². The molecule has 148 valence electrons. The molecule has 2 heterocycles. The van der Waals surface area contributed by atoms with Gasteiger partial charge in [-0.25, -0.2) is 4.68 Å². The molecule has 1 saturated heterocycles. The lowest BCUT2D eigenvalue weighted by Gasteiger charge is -2.16. The number of rotatable bonds is 10. The maximum absolute atomic E-state index is 6.17. The van der Waals surface area contributed by atoms with E-state index in [4.69, 9.17) is 9.47 Å². The minimum Gasteiger partial charge on any atom is -0.345 e. The third-order valence-electron chi connectivity index (χ3n) is 5.06. The molecule has 1 fully saturated rings. The summed E-state index contributed by atoms with van der Waals surface area (Å²) in [4.78, 5) is 0. The number of hydrogen-bond donors (Lipinski definition) is 0. The van der Waals surface area contributed by atoms with Gasteiger partial charge >= 0.3 is 0 Å². The molecule has 0 amide bonds. The second kappa shape index (κ2) is 9.47. The summed E-state index contributed by atoms with van der Waals surface area (Å²) in [6.45, 7) is 6.99. The van der Waals surface area contributed by atoms with E-state index in [1.165, 1.54) is 37.7 Å². The topological polar surface area (TPSA) is 49.2 Å². The first kappa shape index (κ1) is 20.0. The Morgan fingerprint density at radius 1 is 1.00 bits per heavy atom. The molecule has 2 atom stereocenters. The fourth-order valence-electron chi connectivity index (χ4n) is 3.76. The van der Waals surface area contributed by atoms with Crippen molar-refractivity contribution in [2.75, 3.05) is 0 Å². The Kier molecular flexibility index (Phi) is 7.02. The molecule has 0 saturated carbocycles. The predicted molar refractivity (Wildman–Crippen MR) is 106 cm³/mol. The molecule has 0 bridgehead atoms. The molecular weight excluding hydrogens is 338 g/mol. The van der Waals surface area contributed by atoms with Crippen molar-refractivity contribution < 1.29 is 9.47 Å². The average Bonchev–Trinajstić information content (AvgIpc) is 3.19. The second-order valence-corrected chi connectivity index (χ2v) is 8.01. The van der Waals surface area contributed by atoms with Crippen LogP contribution in [0.2, 0.25) is 0 Å². The minimum absolute atomic E-state index is 0.0491. The Balaban J connectivity index is 1.54. The van der Waals surface area contributed by atoms with Gasteiger partial charge in [-0.05, 0) is 25.8 Å². The van der Waals surface area contributed by atoms with Crippen LogP contribution in [0.25, 0.3) is 0 Å². The summed E-state index contributed by atoms with van der Waals surface area (Å²) >= 11 is 0. The van der Waals surface area contributed by atoms with Gasteiger partial charge in [0.05, 0.1) is 24.4 Å². The van der Waals surface area contributed by atoms with Crippen LogP contribution in [-0.4, -0.2) is 33.0 Å². The first-order valence-electron chi connectivity index (χ1n) is 10.3. The Bertz CT molecular complexity index is 684. The first-order chi connectivity index (χ1) is 13.1. The van der Waals surface area contributed by atoms with Crippen LogP contribution in [0.4, 0.5) is 0 Å². The molecular formula is C22H33N3O2. The summed E-state index contributed by atoms with van der Waals surface area (Å²) in [6, 6.07) is 10.3. The number of aromatic nitrogens is 3. The quantitative estimate of drug-likeness (QED) is 0.566. The highest BCUT2D eigenvalue weighted by atomic mass is 16.7. The fraction of sp³-hybridized carbons (Fsp3) is 0.636. The summed E-state index contributed by atoms with van der Waals surface area (Å²) < 4.78 is 14.2. The van der Waals surface area contributed by atoms with Gasteiger partial charge < -0.3 is 9.47 Å². The molecule has 0 N–H and O–H groups in total. The van der Waals surface area contributed by atoms with Gasteiger partial charge in [0.15, 0.2) is 5.79 Å². The molecule has 0 aliphatic carbocycles. The van der Waals surface area contributed by atoms with E-state index < -0.39 is 5.79 Å². The van der Waals surface area contributed by atoms with Gasteiger partial charge in [0, 0.05) is 12.6 Å². The van der Waals surface area contributed by atoms with Crippen molar-refractivity contribution in [3.05, 3.63) is 47.8 Å². The number of nitrogens with zero attached hydrogens (tertiary/aromatic N) is 3. The molecule has 0 unspecified atom stereocenters. The van der Waals surface area contributed by atoms with Crippen LogP contribution in [0.5, 0.6) is 0 Å². The molecule has 2 aromatic rings. The number of unbranched alkanes of at least 4 members (excludes halogenated alkanes) is 4. The van der Waals surface area contributed by atoms with Gasteiger partial charge in [0.25, 0.3) is 0 Å².